The number of ether oxygens (including phenoxy) is 2. The molecule has 0 bridgehead atoms. The second kappa shape index (κ2) is 9.43. The third kappa shape index (κ3) is 5.14. The molecule has 1 amide bonds. The molecule has 0 aliphatic heterocycles. The number of nitro benzene ring substituents is 1. The van der Waals surface area contributed by atoms with Crippen molar-refractivity contribution in [1.82, 2.24) is 0 Å². The highest BCUT2D eigenvalue weighted by atomic mass is 35.5. The van der Waals surface area contributed by atoms with E-state index in [1.807, 2.05) is 6.26 Å². The minimum absolute atomic E-state index is 0.00329. The highest BCUT2D eigenvalue weighted by molar-refractivity contribution is 7.98. The number of thioether (sulfide) groups is 1. The van der Waals surface area contributed by atoms with Crippen LogP contribution in [0.5, 0.6) is 5.75 Å². The number of anilines is 1. The number of nitrogens with zero attached hydrogens (tertiary/aromatic N) is 1. The number of esters is 1. The lowest BCUT2D eigenvalue weighted by atomic mass is 10.1. The van der Waals surface area contributed by atoms with E-state index in [2.05, 4.69) is 5.32 Å². The standard InChI is InChI=1S/C18H17ClN2O6S/c1-10-6-15(21(24)25)16(26-2)8-14(10)20-17(22)9-27-18(23)12-7-11(28-3)4-5-13(12)19/h4-8H,9H2,1-3H3,(H,20,22). The van der Waals surface area contributed by atoms with Crippen molar-refractivity contribution in [3.8, 4) is 5.75 Å². The molecule has 0 unspecified atom stereocenters. The first-order chi connectivity index (χ1) is 13.3. The average molecular weight is 425 g/mol. The first-order valence-electron chi connectivity index (χ1n) is 7.90. The minimum Gasteiger partial charge on any atom is -0.490 e. The Labute approximate surface area is 170 Å². The van der Waals surface area contributed by atoms with E-state index in [9.17, 15) is 19.7 Å². The molecular weight excluding hydrogens is 408 g/mol. The summed E-state index contributed by atoms with van der Waals surface area (Å²) in [5.41, 5.74) is 0.719. The van der Waals surface area contributed by atoms with Gasteiger partial charge in [-0.05, 0) is 36.9 Å². The molecule has 0 aliphatic carbocycles. The molecule has 0 saturated carbocycles. The highest BCUT2D eigenvalue weighted by Crippen LogP contribution is 2.32. The van der Waals surface area contributed by atoms with Gasteiger partial charge in [-0.25, -0.2) is 4.79 Å². The van der Waals surface area contributed by atoms with Crippen LogP contribution in [0.25, 0.3) is 0 Å². The molecule has 2 aromatic rings. The first kappa shape index (κ1) is 21.5. The number of aryl methyl sites for hydroxylation is 1. The third-order valence-corrected chi connectivity index (χ3v) is 4.78. The second-order valence-electron chi connectivity index (χ2n) is 5.57. The second-order valence-corrected chi connectivity index (χ2v) is 6.85. The van der Waals surface area contributed by atoms with Crippen LogP contribution in [0.1, 0.15) is 15.9 Å². The molecule has 1 N–H and O–H groups in total. The summed E-state index contributed by atoms with van der Waals surface area (Å²) in [6, 6.07) is 7.55. The Morgan fingerprint density at radius 3 is 2.61 bits per heavy atom. The van der Waals surface area contributed by atoms with Gasteiger partial charge in [-0.1, -0.05) is 11.6 Å². The largest absolute Gasteiger partial charge is 0.490 e. The van der Waals surface area contributed by atoms with Crippen molar-refractivity contribution in [2.75, 3.05) is 25.3 Å². The van der Waals surface area contributed by atoms with Gasteiger partial charge in [-0.3, -0.25) is 14.9 Å². The fourth-order valence-corrected chi connectivity index (χ4v) is 2.93. The average Bonchev–Trinajstić information content (AvgIpc) is 2.67. The number of nitro groups is 1. The van der Waals surface area contributed by atoms with Gasteiger partial charge < -0.3 is 14.8 Å². The summed E-state index contributed by atoms with van der Waals surface area (Å²) in [5, 5.41) is 13.8. The van der Waals surface area contributed by atoms with Crippen LogP contribution >= 0.6 is 23.4 Å². The van der Waals surface area contributed by atoms with Crippen molar-refractivity contribution in [3.05, 3.63) is 56.6 Å². The summed E-state index contributed by atoms with van der Waals surface area (Å²) < 4.78 is 10.00. The molecule has 0 aromatic heterocycles. The van der Waals surface area contributed by atoms with Crippen molar-refractivity contribution in [2.24, 2.45) is 0 Å². The summed E-state index contributed by atoms with van der Waals surface area (Å²) in [6.45, 7) is 1.05. The summed E-state index contributed by atoms with van der Waals surface area (Å²) >= 11 is 7.45. The van der Waals surface area contributed by atoms with Crippen molar-refractivity contribution >= 4 is 46.6 Å². The van der Waals surface area contributed by atoms with Gasteiger partial charge in [0.25, 0.3) is 5.91 Å². The van der Waals surface area contributed by atoms with Gasteiger partial charge in [0.2, 0.25) is 0 Å². The zero-order valence-electron chi connectivity index (χ0n) is 15.3. The first-order valence-corrected chi connectivity index (χ1v) is 9.50. The quantitative estimate of drug-likeness (QED) is 0.308. The summed E-state index contributed by atoms with van der Waals surface area (Å²) in [4.78, 5) is 35.6. The van der Waals surface area contributed by atoms with Gasteiger partial charge in [0.15, 0.2) is 12.4 Å². The molecule has 0 atom stereocenters. The van der Waals surface area contributed by atoms with E-state index < -0.39 is 23.4 Å². The summed E-state index contributed by atoms with van der Waals surface area (Å²) in [6.07, 6.45) is 1.85. The zero-order chi connectivity index (χ0) is 20.8. The number of hydrogen-bond acceptors (Lipinski definition) is 7. The van der Waals surface area contributed by atoms with E-state index in [1.54, 1.807) is 25.1 Å². The van der Waals surface area contributed by atoms with Gasteiger partial charge in [0, 0.05) is 22.7 Å². The maximum Gasteiger partial charge on any atom is 0.340 e. The topological polar surface area (TPSA) is 108 Å². The molecule has 0 fully saturated rings. The predicted molar refractivity (Wildman–Crippen MR) is 107 cm³/mol. The van der Waals surface area contributed by atoms with Gasteiger partial charge in [-0.15, -0.1) is 11.8 Å². The van der Waals surface area contributed by atoms with E-state index in [-0.39, 0.29) is 22.0 Å². The van der Waals surface area contributed by atoms with Crippen LogP contribution in [0.4, 0.5) is 11.4 Å². The Morgan fingerprint density at radius 1 is 1.29 bits per heavy atom. The van der Waals surface area contributed by atoms with Crippen molar-refractivity contribution < 1.29 is 24.0 Å². The molecule has 148 valence electrons. The molecule has 0 spiro atoms. The normalized spacial score (nSPS) is 10.3. The predicted octanol–water partition coefficient (Wildman–Crippen LogP) is 4.08. The summed E-state index contributed by atoms with van der Waals surface area (Å²) in [7, 11) is 1.29. The maximum absolute atomic E-state index is 12.2. The number of benzene rings is 2. The Morgan fingerprint density at radius 2 is 2.00 bits per heavy atom. The zero-order valence-corrected chi connectivity index (χ0v) is 16.8. The Balaban J connectivity index is 2.07. The van der Waals surface area contributed by atoms with E-state index >= 15 is 0 Å². The van der Waals surface area contributed by atoms with Crippen LogP contribution in [-0.2, 0) is 9.53 Å². The van der Waals surface area contributed by atoms with Gasteiger partial charge >= 0.3 is 11.7 Å². The van der Waals surface area contributed by atoms with Crippen LogP contribution in [0.2, 0.25) is 5.02 Å². The SMILES string of the molecule is COc1cc(NC(=O)COC(=O)c2cc(SC)ccc2Cl)c(C)cc1[N+](=O)[O-]. The van der Waals surface area contributed by atoms with Crippen LogP contribution < -0.4 is 10.1 Å². The van der Waals surface area contributed by atoms with Crippen LogP contribution in [-0.4, -0.2) is 36.8 Å². The molecule has 8 nitrogen and oxygen atoms in total. The summed E-state index contributed by atoms with van der Waals surface area (Å²) in [5.74, 6) is -1.33. The number of nitrogens with one attached hydrogen (secondary N) is 1. The van der Waals surface area contributed by atoms with Crippen LogP contribution in [0, 0.1) is 17.0 Å². The fourth-order valence-electron chi connectivity index (χ4n) is 2.30. The van der Waals surface area contributed by atoms with Gasteiger partial charge in [-0.2, -0.15) is 0 Å². The number of rotatable bonds is 7. The molecule has 0 aliphatic rings. The van der Waals surface area contributed by atoms with Gasteiger partial charge in [0.05, 0.1) is 22.6 Å². The number of methoxy groups -OCH3 is 1. The monoisotopic (exact) mass is 424 g/mol. The maximum atomic E-state index is 12.2. The number of halogens is 1. The Kier molecular flexibility index (Phi) is 7.24. The molecule has 2 aromatic carbocycles. The lowest BCUT2D eigenvalue weighted by Gasteiger charge is -2.11. The lowest BCUT2D eigenvalue weighted by molar-refractivity contribution is -0.385. The molecule has 10 heteroatoms. The molecule has 28 heavy (non-hydrogen) atoms. The Hall–Kier alpha value is -2.78. The highest BCUT2D eigenvalue weighted by Gasteiger charge is 2.19. The van der Waals surface area contributed by atoms with Gasteiger partial charge in [0.1, 0.15) is 0 Å². The molecule has 0 radical (unpaired) electrons. The Bertz CT molecular complexity index is 935. The molecular formula is C18H17ClN2O6S. The molecule has 0 heterocycles. The van der Waals surface area contributed by atoms with E-state index in [0.717, 1.165) is 4.90 Å². The van der Waals surface area contributed by atoms with Crippen LogP contribution in [0.3, 0.4) is 0 Å². The fraction of sp³-hybridized carbons (Fsp3) is 0.222. The smallest absolute Gasteiger partial charge is 0.340 e. The number of amides is 1. The molecule has 2 rings (SSSR count). The van der Waals surface area contributed by atoms with Crippen molar-refractivity contribution in [1.29, 1.82) is 0 Å². The van der Waals surface area contributed by atoms with Crippen molar-refractivity contribution in [2.45, 2.75) is 11.8 Å². The van der Waals surface area contributed by atoms with E-state index in [0.29, 0.717) is 11.3 Å². The van der Waals surface area contributed by atoms with E-state index in [4.69, 9.17) is 21.1 Å². The number of carbonyl (C=O) groups excluding carboxylic acids is 2. The number of carbonyl (C=O) groups is 2. The van der Waals surface area contributed by atoms with Crippen LogP contribution in [0.15, 0.2) is 35.2 Å². The van der Waals surface area contributed by atoms with Crippen molar-refractivity contribution in [3.63, 3.8) is 0 Å². The number of hydrogen-bond donors (Lipinski definition) is 1. The third-order valence-electron chi connectivity index (χ3n) is 3.72. The lowest BCUT2D eigenvalue weighted by Crippen LogP contribution is -2.21. The van der Waals surface area contributed by atoms with E-state index in [1.165, 1.54) is 31.0 Å². The molecule has 0 saturated heterocycles. The minimum atomic E-state index is -0.728.